The van der Waals surface area contributed by atoms with E-state index in [4.69, 9.17) is 16.6 Å². The fourth-order valence-electron chi connectivity index (χ4n) is 3.59. The Hall–Kier alpha value is -2.81. The molecule has 0 unspecified atom stereocenters. The topological polar surface area (TPSA) is 67.3 Å². The van der Waals surface area contributed by atoms with Gasteiger partial charge in [0.1, 0.15) is 5.82 Å². The van der Waals surface area contributed by atoms with E-state index in [9.17, 15) is 17.6 Å². The van der Waals surface area contributed by atoms with Crippen molar-refractivity contribution in [2.45, 2.75) is 31.2 Å². The van der Waals surface area contributed by atoms with E-state index < -0.39 is 15.7 Å². The van der Waals surface area contributed by atoms with E-state index in [2.05, 4.69) is 0 Å². The fourth-order valence-corrected chi connectivity index (χ4v) is 6.34. The number of aromatic nitrogens is 1. The summed E-state index contributed by atoms with van der Waals surface area (Å²) < 4.78 is 39.2. The number of nitrogens with zero attached hydrogens (tertiary/aromatic N) is 2. The van der Waals surface area contributed by atoms with Crippen molar-refractivity contribution in [3.05, 3.63) is 88.7 Å². The minimum atomic E-state index is -3.62. The molecule has 0 radical (unpaired) electrons. The van der Waals surface area contributed by atoms with E-state index in [1.165, 1.54) is 23.5 Å². The summed E-state index contributed by atoms with van der Waals surface area (Å²) in [5.74, 6) is -0.933. The summed E-state index contributed by atoms with van der Waals surface area (Å²) in [7, 11) is -3.62. The summed E-state index contributed by atoms with van der Waals surface area (Å²) in [5.41, 5.74) is 2.64. The van der Waals surface area contributed by atoms with Crippen LogP contribution in [-0.4, -0.2) is 25.1 Å². The molecule has 0 bridgehead atoms. The van der Waals surface area contributed by atoms with Crippen LogP contribution in [0.1, 0.15) is 24.0 Å². The molecule has 34 heavy (non-hydrogen) atoms. The molecule has 9 heteroatoms. The summed E-state index contributed by atoms with van der Waals surface area (Å²) in [6.45, 7) is 2.23. The number of anilines is 1. The molecule has 0 atom stereocenters. The zero-order valence-electron chi connectivity index (χ0n) is 18.4. The zero-order chi connectivity index (χ0) is 24.3. The fraction of sp³-hybridized carbons (Fsp3) is 0.200. The number of fused-ring (bicyclic) bond motifs is 1. The van der Waals surface area contributed by atoms with Gasteiger partial charge in [-0.2, -0.15) is 0 Å². The van der Waals surface area contributed by atoms with Crippen LogP contribution >= 0.6 is 22.9 Å². The van der Waals surface area contributed by atoms with Crippen LogP contribution in [0.4, 0.5) is 9.52 Å². The predicted octanol–water partition coefficient (Wildman–Crippen LogP) is 6.18. The van der Waals surface area contributed by atoms with Gasteiger partial charge in [-0.25, -0.2) is 17.8 Å². The number of hydrogen-bond donors (Lipinski definition) is 0. The van der Waals surface area contributed by atoms with Crippen molar-refractivity contribution >= 4 is 54.0 Å². The third-order valence-electron chi connectivity index (χ3n) is 5.33. The number of halogens is 2. The lowest BCUT2D eigenvalue weighted by Gasteiger charge is -2.20. The first-order valence-corrected chi connectivity index (χ1v) is 13.5. The number of aryl methyl sites for hydroxylation is 1. The summed E-state index contributed by atoms with van der Waals surface area (Å²) >= 11 is 7.57. The highest BCUT2D eigenvalue weighted by atomic mass is 35.5. The van der Waals surface area contributed by atoms with E-state index in [0.29, 0.717) is 16.7 Å². The van der Waals surface area contributed by atoms with Gasteiger partial charge in [0.25, 0.3) is 0 Å². The highest BCUT2D eigenvalue weighted by Gasteiger charge is 2.22. The molecule has 0 saturated carbocycles. The van der Waals surface area contributed by atoms with Gasteiger partial charge in [0, 0.05) is 11.4 Å². The van der Waals surface area contributed by atoms with Crippen LogP contribution in [0, 0.1) is 12.7 Å². The van der Waals surface area contributed by atoms with Crippen molar-refractivity contribution in [3.8, 4) is 0 Å². The van der Waals surface area contributed by atoms with Crippen LogP contribution in [-0.2, 0) is 21.2 Å². The largest absolute Gasteiger partial charge is 0.284 e. The summed E-state index contributed by atoms with van der Waals surface area (Å²) in [4.78, 5) is 19.6. The van der Waals surface area contributed by atoms with Gasteiger partial charge in [0.05, 0.1) is 27.4 Å². The Morgan fingerprint density at radius 2 is 1.79 bits per heavy atom. The highest BCUT2D eigenvalue weighted by Crippen LogP contribution is 2.34. The molecule has 3 aromatic carbocycles. The number of hydrogen-bond acceptors (Lipinski definition) is 5. The number of amides is 1. The second kappa shape index (κ2) is 10.2. The first kappa shape index (κ1) is 24.3. The number of rotatable bonds is 8. The number of thiazole rings is 1. The molecule has 5 nitrogen and oxygen atoms in total. The van der Waals surface area contributed by atoms with Crippen LogP contribution in [0.3, 0.4) is 0 Å². The van der Waals surface area contributed by atoms with E-state index in [1.54, 1.807) is 4.90 Å². The van der Waals surface area contributed by atoms with Crippen LogP contribution in [0.2, 0.25) is 5.02 Å². The van der Waals surface area contributed by atoms with Crippen LogP contribution < -0.4 is 4.90 Å². The number of carbonyl (C=O) groups is 1. The Balaban J connectivity index is 1.55. The number of sulfone groups is 1. The molecular weight excluding hydrogens is 495 g/mol. The molecule has 176 valence electrons. The maximum absolute atomic E-state index is 13.3. The first-order chi connectivity index (χ1) is 16.2. The van der Waals surface area contributed by atoms with Gasteiger partial charge in [-0.05, 0) is 60.9 Å². The van der Waals surface area contributed by atoms with Crippen LogP contribution in [0.25, 0.3) is 10.2 Å². The second-order valence-corrected chi connectivity index (χ2v) is 11.5. The van der Waals surface area contributed by atoms with Crippen molar-refractivity contribution < 1.29 is 17.6 Å². The molecular formula is C25H22ClFN2O3S2. The predicted molar refractivity (Wildman–Crippen MR) is 135 cm³/mol. The maximum Gasteiger partial charge on any atom is 0.229 e. The van der Waals surface area contributed by atoms with Crippen molar-refractivity contribution in [2.75, 3.05) is 10.7 Å². The van der Waals surface area contributed by atoms with E-state index in [-0.39, 0.29) is 29.4 Å². The summed E-state index contributed by atoms with van der Waals surface area (Å²) in [6, 6.07) is 17.9. The molecule has 0 saturated heterocycles. The van der Waals surface area contributed by atoms with Gasteiger partial charge < -0.3 is 0 Å². The molecule has 4 aromatic rings. The minimum Gasteiger partial charge on any atom is -0.284 e. The van der Waals surface area contributed by atoms with Crippen molar-refractivity contribution in [1.29, 1.82) is 0 Å². The SMILES string of the molecule is Cc1cc(Cl)cc2sc(N(Cc3ccccc3)C(=O)CCCS(=O)(=O)c3ccc(F)cc3)nc12. The molecule has 0 spiro atoms. The molecule has 0 fully saturated rings. The monoisotopic (exact) mass is 516 g/mol. The summed E-state index contributed by atoms with van der Waals surface area (Å²) in [6.07, 6.45) is 0.169. The van der Waals surface area contributed by atoms with Crippen molar-refractivity contribution in [2.24, 2.45) is 0 Å². The Kier molecular flexibility index (Phi) is 7.30. The van der Waals surface area contributed by atoms with Crippen molar-refractivity contribution in [1.82, 2.24) is 4.98 Å². The summed E-state index contributed by atoms with van der Waals surface area (Å²) in [5, 5.41) is 1.14. The van der Waals surface area contributed by atoms with Crippen LogP contribution in [0.15, 0.2) is 71.6 Å². The molecule has 0 aliphatic rings. The average Bonchev–Trinajstić information content (AvgIpc) is 3.22. The number of carbonyl (C=O) groups excluding carboxylic acids is 1. The van der Waals surface area contributed by atoms with Gasteiger partial charge in [-0.3, -0.25) is 9.69 Å². The van der Waals surface area contributed by atoms with Gasteiger partial charge >= 0.3 is 0 Å². The lowest BCUT2D eigenvalue weighted by Crippen LogP contribution is -2.30. The first-order valence-electron chi connectivity index (χ1n) is 10.6. The molecule has 0 aliphatic carbocycles. The van der Waals surface area contributed by atoms with E-state index in [1.807, 2.05) is 49.4 Å². The molecule has 4 rings (SSSR count). The minimum absolute atomic E-state index is 0.0307. The Labute approximate surface area is 206 Å². The lowest BCUT2D eigenvalue weighted by atomic mass is 10.2. The van der Waals surface area contributed by atoms with E-state index in [0.717, 1.165) is 33.5 Å². The van der Waals surface area contributed by atoms with Crippen molar-refractivity contribution in [3.63, 3.8) is 0 Å². The highest BCUT2D eigenvalue weighted by molar-refractivity contribution is 7.91. The molecule has 0 aliphatic heterocycles. The van der Waals surface area contributed by atoms with E-state index >= 15 is 0 Å². The van der Waals surface area contributed by atoms with Gasteiger partial charge in [0.15, 0.2) is 15.0 Å². The van der Waals surface area contributed by atoms with Crippen LogP contribution in [0.5, 0.6) is 0 Å². The third kappa shape index (κ3) is 5.63. The standard InChI is InChI=1S/C25H22ClFN2O3S2/c1-17-14-19(26)15-22-24(17)28-25(33-22)29(16-18-6-3-2-4-7-18)23(30)8-5-13-34(31,32)21-11-9-20(27)10-12-21/h2-4,6-7,9-12,14-15H,5,8,13,16H2,1H3. The normalized spacial score (nSPS) is 11.6. The second-order valence-electron chi connectivity index (χ2n) is 7.91. The molecule has 0 N–H and O–H groups in total. The Bertz CT molecular complexity index is 1420. The van der Waals surface area contributed by atoms with Gasteiger partial charge in [-0.1, -0.05) is 53.3 Å². The van der Waals surface area contributed by atoms with Gasteiger partial charge in [-0.15, -0.1) is 0 Å². The Morgan fingerprint density at radius 1 is 1.09 bits per heavy atom. The zero-order valence-corrected chi connectivity index (χ0v) is 20.8. The molecule has 1 amide bonds. The number of benzene rings is 3. The Morgan fingerprint density at radius 3 is 2.50 bits per heavy atom. The quantitative estimate of drug-likeness (QED) is 0.262. The molecule has 1 aromatic heterocycles. The maximum atomic E-state index is 13.3. The van der Waals surface area contributed by atoms with Gasteiger partial charge in [0.2, 0.25) is 5.91 Å². The smallest absolute Gasteiger partial charge is 0.229 e. The molecule has 1 heterocycles. The third-order valence-corrected chi connectivity index (χ3v) is 8.39. The lowest BCUT2D eigenvalue weighted by molar-refractivity contribution is -0.118. The average molecular weight is 517 g/mol.